The van der Waals surface area contributed by atoms with Gasteiger partial charge < -0.3 is 19.9 Å². The molecular formula is C19H24N4O2. The lowest BCUT2D eigenvalue weighted by Gasteiger charge is -2.36. The fourth-order valence-electron chi connectivity index (χ4n) is 2.97. The SMILES string of the molecule is COc1ccc(N2CCN(C(=O)NC(C)c3ccncc3)CC2)cc1. The van der Waals surface area contributed by atoms with Crippen LogP contribution in [0.1, 0.15) is 18.5 Å². The van der Waals surface area contributed by atoms with Gasteiger partial charge in [-0.2, -0.15) is 0 Å². The predicted octanol–water partition coefficient (Wildman–Crippen LogP) is 2.68. The molecule has 2 heterocycles. The number of pyridine rings is 1. The van der Waals surface area contributed by atoms with Crippen LogP contribution in [0, 0.1) is 0 Å². The highest BCUT2D eigenvalue weighted by Crippen LogP contribution is 2.20. The van der Waals surface area contributed by atoms with Crippen molar-refractivity contribution in [1.29, 1.82) is 0 Å². The summed E-state index contributed by atoms with van der Waals surface area (Å²) in [6.07, 6.45) is 3.48. The Balaban J connectivity index is 1.52. The van der Waals surface area contributed by atoms with E-state index >= 15 is 0 Å². The van der Waals surface area contributed by atoms with Crippen molar-refractivity contribution in [2.24, 2.45) is 0 Å². The van der Waals surface area contributed by atoms with E-state index in [1.165, 1.54) is 0 Å². The van der Waals surface area contributed by atoms with E-state index in [9.17, 15) is 4.79 Å². The smallest absolute Gasteiger partial charge is 0.317 e. The molecule has 1 fully saturated rings. The van der Waals surface area contributed by atoms with Gasteiger partial charge in [-0.3, -0.25) is 4.98 Å². The average molecular weight is 340 g/mol. The Morgan fingerprint density at radius 1 is 1.08 bits per heavy atom. The first-order valence-electron chi connectivity index (χ1n) is 8.52. The first-order valence-corrected chi connectivity index (χ1v) is 8.52. The minimum Gasteiger partial charge on any atom is -0.497 e. The fraction of sp³-hybridized carbons (Fsp3) is 0.368. The third-order valence-electron chi connectivity index (χ3n) is 4.55. The Kier molecular flexibility index (Phi) is 5.38. The van der Waals surface area contributed by atoms with Gasteiger partial charge in [-0.05, 0) is 48.9 Å². The summed E-state index contributed by atoms with van der Waals surface area (Å²) in [6, 6.07) is 11.8. The number of methoxy groups -OCH3 is 1. The molecule has 6 heteroatoms. The third kappa shape index (κ3) is 4.21. The monoisotopic (exact) mass is 340 g/mol. The summed E-state index contributed by atoms with van der Waals surface area (Å²) in [5, 5.41) is 3.06. The van der Waals surface area contributed by atoms with Crippen molar-refractivity contribution in [2.75, 3.05) is 38.2 Å². The number of piperazine rings is 1. The van der Waals surface area contributed by atoms with Gasteiger partial charge in [-0.15, -0.1) is 0 Å². The number of aromatic nitrogens is 1. The molecule has 0 radical (unpaired) electrons. The molecule has 1 aromatic carbocycles. The third-order valence-corrected chi connectivity index (χ3v) is 4.55. The maximum Gasteiger partial charge on any atom is 0.317 e. The Morgan fingerprint density at radius 2 is 1.72 bits per heavy atom. The topological polar surface area (TPSA) is 57.7 Å². The summed E-state index contributed by atoms with van der Waals surface area (Å²) in [4.78, 5) is 20.6. The summed E-state index contributed by atoms with van der Waals surface area (Å²) >= 11 is 0. The summed E-state index contributed by atoms with van der Waals surface area (Å²) in [5.74, 6) is 0.854. The Hall–Kier alpha value is -2.76. The van der Waals surface area contributed by atoms with Crippen molar-refractivity contribution < 1.29 is 9.53 Å². The van der Waals surface area contributed by atoms with Gasteiger partial charge in [0.1, 0.15) is 5.75 Å². The van der Waals surface area contributed by atoms with E-state index in [4.69, 9.17) is 4.74 Å². The fourth-order valence-corrected chi connectivity index (χ4v) is 2.97. The number of urea groups is 1. The van der Waals surface area contributed by atoms with E-state index in [-0.39, 0.29) is 12.1 Å². The second-order valence-corrected chi connectivity index (χ2v) is 6.12. The normalized spacial score (nSPS) is 15.6. The molecule has 1 unspecified atom stereocenters. The quantitative estimate of drug-likeness (QED) is 0.930. The van der Waals surface area contributed by atoms with Gasteiger partial charge in [0.05, 0.1) is 13.2 Å². The van der Waals surface area contributed by atoms with Crippen LogP contribution < -0.4 is 15.0 Å². The van der Waals surface area contributed by atoms with E-state index in [2.05, 4.69) is 27.3 Å². The molecule has 132 valence electrons. The molecule has 25 heavy (non-hydrogen) atoms. The molecule has 1 aliphatic heterocycles. The summed E-state index contributed by atoms with van der Waals surface area (Å²) in [5.41, 5.74) is 2.21. The molecular weight excluding hydrogens is 316 g/mol. The van der Waals surface area contributed by atoms with Crippen molar-refractivity contribution in [3.8, 4) is 5.75 Å². The highest BCUT2D eigenvalue weighted by atomic mass is 16.5. The molecule has 1 aromatic heterocycles. The van der Waals surface area contributed by atoms with Crippen LogP contribution in [0.25, 0.3) is 0 Å². The lowest BCUT2D eigenvalue weighted by Crippen LogP contribution is -2.52. The van der Waals surface area contributed by atoms with Crippen LogP contribution in [0.4, 0.5) is 10.5 Å². The van der Waals surface area contributed by atoms with E-state index in [1.807, 2.05) is 36.1 Å². The summed E-state index contributed by atoms with van der Waals surface area (Å²) in [6.45, 7) is 5.05. The number of carbonyl (C=O) groups excluding carboxylic acids is 1. The number of hydrogen-bond acceptors (Lipinski definition) is 4. The molecule has 0 aliphatic carbocycles. The van der Waals surface area contributed by atoms with Crippen LogP contribution in [-0.2, 0) is 0 Å². The molecule has 0 bridgehead atoms. The summed E-state index contributed by atoms with van der Waals surface area (Å²) in [7, 11) is 1.67. The first-order chi connectivity index (χ1) is 12.2. The minimum atomic E-state index is -0.0323. The summed E-state index contributed by atoms with van der Waals surface area (Å²) < 4.78 is 5.19. The average Bonchev–Trinajstić information content (AvgIpc) is 2.69. The number of anilines is 1. The standard InChI is InChI=1S/C19H24N4O2/c1-15(16-7-9-20-10-8-16)21-19(24)23-13-11-22(12-14-23)17-3-5-18(25-2)6-4-17/h3-10,15H,11-14H2,1-2H3,(H,21,24). The number of nitrogens with zero attached hydrogens (tertiary/aromatic N) is 3. The van der Waals surface area contributed by atoms with Crippen LogP contribution >= 0.6 is 0 Å². The molecule has 2 amide bonds. The number of benzene rings is 1. The Labute approximate surface area is 148 Å². The van der Waals surface area contributed by atoms with Crippen LogP contribution in [0.2, 0.25) is 0 Å². The molecule has 1 saturated heterocycles. The van der Waals surface area contributed by atoms with Gasteiger partial charge in [0.15, 0.2) is 0 Å². The molecule has 3 rings (SSSR count). The number of ether oxygens (including phenoxy) is 1. The lowest BCUT2D eigenvalue weighted by atomic mass is 10.1. The lowest BCUT2D eigenvalue weighted by molar-refractivity contribution is 0.191. The zero-order chi connectivity index (χ0) is 17.6. The molecule has 1 aliphatic rings. The number of carbonyl (C=O) groups is 1. The van der Waals surface area contributed by atoms with Crippen LogP contribution in [-0.4, -0.2) is 49.2 Å². The van der Waals surface area contributed by atoms with Gasteiger partial charge >= 0.3 is 6.03 Å². The van der Waals surface area contributed by atoms with Crippen LogP contribution in [0.3, 0.4) is 0 Å². The molecule has 0 saturated carbocycles. The van der Waals surface area contributed by atoms with E-state index in [1.54, 1.807) is 19.5 Å². The van der Waals surface area contributed by atoms with Gasteiger partial charge in [-0.25, -0.2) is 4.79 Å². The van der Waals surface area contributed by atoms with Crippen molar-refractivity contribution in [3.05, 3.63) is 54.4 Å². The Bertz CT molecular complexity index is 682. The maximum absolute atomic E-state index is 12.5. The van der Waals surface area contributed by atoms with Crippen LogP contribution in [0.5, 0.6) is 5.75 Å². The molecule has 1 N–H and O–H groups in total. The van der Waals surface area contributed by atoms with E-state index < -0.39 is 0 Å². The molecule has 2 aromatic rings. The van der Waals surface area contributed by atoms with Gasteiger partial charge in [0.2, 0.25) is 0 Å². The molecule has 6 nitrogen and oxygen atoms in total. The zero-order valence-electron chi connectivity index (χ0n) is 14.7. The van der Waals surface area contributed by atoms with Crippen LogP contribution in [0.15, 0.2) is 48.8 Å². The highest BCUT2D eigenvalue weighted by Gasteiger charge is 2.22. The van der Waals surface area contributed by atoms with E-state index in [0.29, 0.717) is 13.1 Å². The van der Waals surface area contributed by atoms with Crippen molar-refractivity contribution in [3.63, 3.8) is 0 Å². The Morgan fingerprint density at radius 3 is 2.32 bits per heavy atom. The van der Waals surface area contributed by atoms with Crippen molar-refractivity contribution in [2.45, 2.75) is 13.0 Å². The van der Waals surface area contributed by atoms with Gasteiger partial charge in [-0.1, -0.05) is 0 Å². The number of rotatable bonds is 4. The largest absolute Gasteiger partial charge is 0.497 e. The number of hydrogen-bond donors (Lipinski definition) is 1. The number of nitrogens with one attached hydrogen (secondary N) is 1. The highest BCUT2D eigenvalue weighted by molar-refractivity contribution is 5.75. The second kappa shape index (κ2) is 7.88. The zero-order valence-corrected chi connectivity index (χ0v) is 14.7. The maximum atomic E-state index is 12.5. The molecule has 0 spiro atoms. The van der Waals surface area contributed by atoms with Crippen molar-refractivity contribution in [1.82, 2.24) is 15.2 Å². The second-order valence-electron chi connectivity index (χ2n) is 6.12. The van der Waals surface area contributed by atoms with Gasteiger partial charge in [0.25, 0.3) is 0 Å². The van der Waals surface area contributed by atoms with Crippen molar-refractivity contribution >= 4 is 11.7 Å². The minimum absolute atomic E-state index is 0.0151. The van der Waals surface area contributed by atoms with E-state index in [0.717, 1.165) is 30.1 Å². The molecule has 1 atom stereocenters. The van der Waals surface area contributed by atoms with Gasteiger partial charge in [0, 0.05) is 44.3 Å². The number of amides is 2. The first kappa shape index (κ1) is 17.1. The predicted molar refractivity (Wildman–Crippen MR) is 98.0 cm³/mol.